The highest BCUT2D eigenvalue weighted by Gasteiger charge is 2.08. The van der Waals surface area contributed by atoms with E-state index in [-0.39, 0.29) is 12.0 Å². The molecule has 0 radical (unpaired) electrons. The van der Waals surface area contributed by atoms with Crippen LogP contribution in [-0.2, 0) is 4.74 Å². The van der Waals surface area contributed by atoms with Crippen LogP contribution in [0.5, 0.6) is 0 Å². The number of aromatic nitrogens is 2. The molecule has 96 valence electrons. The fourth-order valence-electron chi connectivity index (χ4n) is 1.48. The smallest absolute Gasteiger partial charge is 0.223 e. The molecule has 1 aromatic heterocycles. The van der Waals surface area contributed by atoms with Crippen molar-refractivity contribution in [2.45, 2.75) is 26.3 Å². The highest BCUT2D eigenvalue weighted by molar-refractivity contribution is 5.51. The van der Waals surface area contributed by atoms with Crippen LogP contribution in [0.4, 0.5) is 17.6 Å². The summed E-state index contributed by atoms with van der Waals surface area (Å²) in [6, 6.07) is 2.07. The lowest BCUT2D eigenvalue weighted by Gasteiger charge is -2.17. The molecule has 0 saturated heterocycles. The Bertz CT molecular complexity index is 345. The van der Waals surface area contributed by atoms with E-state index in [4.69, 9.17) is 10.5 Å². The highest BCUT2D eigenvalue weighted by atomic mass is 16.5. The molecule has 1 heterocycles. The number of rotatable bonds is 7. The molecule has 6 nitrogen and oxygen atoms in total. The SMILES string of the molecule is CCNc1cc(NC(CC)COC)nc(N)n1. The molecule has 0 amide bonds. The Morgan fingerprint density at radius 2 is 2.06 bits per heavy atom. The minimum Gasteiger partial charge on any atom is -0.383 e. The van der Waals surface area contributed by atoms with Crippen molar-refractivity contribution in [1.82, 2.24) is 9.97 Å². The van der Waals surface area contributed by atoms with Gasteiger partial charge in [0.2, 0.25) is 5.95 Å². The Hall–Kier alpha value is -1.56. The van der Waals surface area contributed by atoms with Crippen LogP contribution in [0.1, 0.15) is 20.3 Å². The maximum absolute atomic E-state index is 5.65. The number of nitrogens with two attached hydrogens (primary N) is 1. The number of nitrogen functional groups attached to an aromatic ring is 1. The molecule has 6 heteroatoms. The van der Waals surface area contributed by atoms with Gasteiger partial charge in [0.25, 0.3) is 0 Å². The third-order valence-corrected chi connectivity index (χ3v) is 2.31. The first kappa shape index (κ1) is 13.5. The van der Waals surface area contributed by atoms with Crippen LogP contribution in [0.2, 0.25) is 0 Å². The molecule has 1 unspecified atom stereocenters. The molecule has 0 aliphatic heterocycles. The third kappa shape index (κ3) is 4.44. The van der Waals surface area contributed by atoms with Gasteiger partial charge in [0.15, 0.2) is 0 Å². The van der Waals surface area contributed by atoms with Gasteiger partial charge in [-0.3, -0.25) is 0 Å². The molecule has 0 aromatic carbocycles. The van der Waals surface area contributed by atoms with E-state index in [0.717, 1.165) is 24.6 Å². The molecule has 1 aromatic rings. The summed E-state index contributed by atoms with van der Waals surface area (Å²) in [4.78, 5) is 8.23. The number of ether oxygens (including phenoxy) is 1. The van der Waals surface area contributed by atoms with Gasteiger partial charge < -0.3 is 21.1 Å². The summed E-state index contributed by atoms with van der Waals surface area (Å²) in [5, 5.41) is 6.38. The Balaban J connectivity index is 2.75. The minimum atomic E-state index is 0.226. The van der Waals surface area contributed by atoms with Gasteiger partial charge in [-0.2, -0.15) is 9.97 Å². The molecule has 4 N–H and O–H groups in total. The van der Waals surface area contributed by atoms with Crippen LogP contribution in [0.3, 0.4) is 0 Å². The maximum atomic E-state index is 5.65. The average molecular weight is 239 g/mol. The van der Waals surface area contributed by atoms with Crippen molar-refractivity contribution in [3.05, 3.63) is 6.07 Å². The van der Waals surface area contributed by atoms with Crippen molar-refractivity contribution in [2.75, 3.05) is 36.6 Å². The summed E-state index contributed by atoms with van der Waals surface area (Å²) >= 11 is 0. The van der Waals surface area contributed by atoms with Crippen molar-refractivity contribution in [1.29, 1.82) is 0 Å². The van der Waals surface area contributed by atoms with E-state index < -0.39 is 0 Å². The maximum Gasteiger partial charge on any atom is 0.223 e. The van der Waals surface area contributed by atoms with E-state index >= 15 is 0 Å². The quantitative estimate of drug-likeness (QED) is 0.665. The van der Waals surface area contributed by atoms with Crippen LogP contribution in [-0.4, -0.2) is 36.3 Å². The zero-order valence-electron chi connectivity index (χ0n) is 10.7. The number of hydrogen-bond acceptors (Lipinski definition) is 6. The zero-order valence-corrected chi connectivity index (χ0v) is 10.7. The fraction of sp³-hybridized carbons (Fsp3) is 0.636. The zero-order chi connectivity index (χ0) is 12.7. The van der Waals surface area contributed by atoms with Crippen molar-refractivity contribution in [3.8, 4) is 0 Å². The molecule has 17 heavy (non-hydrogen) atoms. The molecular formula is C11H21N5O. The second-order valence-electron chi connectivity index (χ2n) is 3.73. The average Bonchev–Trinajstić information content (AvgIpc) is 2.28. The molecule has 0 spiro atoms. The molecule has 0 saturated carbocycles. The molecular weight excluding hydrogens is 218 g/mol. The summed E-state index contributed by atoms with van der Waals surface area (Å²) in [7, 11) is 1.68. The number of anilines is 3. The summed E-state index contributed by atoms with van der Waals surface area (Å²) < 4.78 is 5.12. The third-order valence-electron chi connectivity index (χ3n) is 2.31. The molecule has 1 atom stereocenters. The van der Waals surface area contributed by atoms with Crippen molar-refractivity contribution in [2.24, 2.45) is 0 Å². The van der Waals surface area contributed by atoms with Crippen molar-refractivity contribution in [3.63, 3.8) is 0 Å². The molecule has 0 aliphatic rings. The number of nitrogens with zero attached hydrogens (tertiary/aromatic N) is 2. The van der Waals surface area contributed by atoms with Crippen LogP contribution in [0.15, 0.2) is 6.07 Å². The number of methoxy groups -OCH3 is 1. The van der Waals surface area contributed by atoms with Gasteiger partial charge in [0.05, 0.1) is 12.6 Å². The largest absolute Gasteiger partial charge is 0.383 e. The Kier molecular flexibility index (Phi) is 5.48. The van der Waals surface area contributed by atoms with Crippen LogP contribution >= 0.6 is 0 Å². The standard InChI is InChI=1S/C11H21N5O/c1-4-8(7-17-3)14-10-6-9(13-5-2)15-11(12)16-10/h6,8H,4-5,7H2,1-3H3,(H4,12,13,14,15,16). The van der Waals surface area contributed by atoms with E-state index in [1.807, 2.05) is 13.0 Å². The molecule has 0 bridgehead atoms. The first-order chi connectivity index (χ1) is 8.19. The lowest BCUT2D eigenvalue weighted by molar-refractivity contribution is 0.184. The minimum absolute atomic E-state index is 0.226. The van der Waals surface area contributed by atoms with Crippen molar-refractivity contribution >= 4 is 17.6 Å². The van der Waals surface area contributed by atoms with Crippen LogP contribution < -0.4 is 16.4 Å². The van der Waals surface area contributed by atoms with Gasteiger partial charge in [-0.05, 0) is 13.3 Å². The highest BCUT2D eigenvalue weighted by Crippen LogP contribution is 2.14. The Labute approximate surface area is 102 Å². The molecule has 0 fully saturated rings. The lowest BCUT2D eigenvalue weighted by Crippen LogP contribution is -2.24. The van der Waals surface area contributed by atoms with E-state index in [1.54, 1.807) is 7.11 Å². The normalized spacial score (nSPS) is 12.2. The van der Waals surface area contributed by atoms with E-state index in [2.05, 4.69) is 27.5 Å². The van der Waals surface area contributed by atoms with E-state index in [9.17, 15) is 0 Å². The van der Waals surface area contributed by atoms with Gasteiger partial charge in [-0.25, -0.2) is 0 Å². The van der Waals surface area contributed by atoms with E-state index in [1.165, 1.54) is 0 Å². The lowest BCUT2D eigenvalue weighted by atomic mass is 10.2. The van der Waals surface area contributed by atoms with Gasteiger partial charge in [-0.1, -0.05) is 6.92 Å². The summed E-state index contributed by atoms with van der Waals surface area (Å²) in [6.45, 7) is 5.53. The van der Waals surface area contributed by atoms with E-state index in [0.29, 0.717) is 6.61 Å². The van der Waals surface area contributed by atoms with Crippen LogP contribution in [0.25, 0.3) is 0 Å². The van der Waals surface area contributed by atoms with Gasteiger partial charge in [-0.15, -0.1) is 0 Å². The van der Waals surface area contributed by atoms with Gasteiger partial charge in [0.1, 0.15) is 11.6 Å². The number of hydrogen-bond donors (Lipinski definition) is 3. The van der Waals surface area contributed by atoms with Crippen LogP contribution in [0, 0.1) is 0 Å². The summed E-state index contributed by atoms with van der Waals surface area (Å²) in [6.07, 6.45) is 0.953. The first-order valence-corrected chi connectivity index (χ1v) is 5.83. The predicted octanol–water partition coefficient (Wildman–Crippen LogP) is 1.33. The second-order valence-corrected chi connectivity index (χ2v) is 3.73. The molecule has 1 rings (SSSR count). The predicted molar refractivity (Wildman–Crippen MR) is 70.2 cm³/mol. The summed E-state index contributed by atoms with van der Waals surface area (Å²) in [5.74, 6) is 1.71. The first-order valence-electron chi connectivity index (χ1n) is 5.83. The summed E-state index contributed by atoms with van der Waals surface area (Å²) in [5.41, 5.74) is 5.65. The van der Waals surface area contributed by atoms with Gasteiger partial charge in [0, 0.05) is 19.7 Å². The van der Waals surface area contributed by atoms with Gasteiger partial charge >= 0.3 is 0 Å². The molecule has 0 aliphatic carbocycles. The second kappa shape index (κ2) is 6.90. The fourth-order valence-corrected chi connectivity index (χ4v) is 1.48. The monoisotopic (exact) mass is 239 g/mol. The number of nitrogens with one attached hydrogen (secondary N) is 2. The van der Waals surface area contributed by atoms with Crippen molar-refractivity contribution < 1.29 is 4.74 Å². The Morgan fingerprint density at radius 1 is 1.35 bits per heavy atom. The topological polar surface area (TPSA) is 85.1 Å². The Morgan fingerprint density at radius 3 is 2.65 bits per heavy atom.